The van der Waals surface area contributed by atoms with E-state index in [-0.39, 0.29) is 23.7 Å². The van der Waals surface area contributed by atoms with Gasteiger partial charge in [-0.15, -0.1) is 0 Å². The molecule has 0 saturated carbocycles. The van der Waals surface area contributed by atoms with E-state index in [0.717, 1.165) is 17.5 Å². The molecule has 0 aliphatic heterocycles. The van der Waals surface area contributed by atoms with Gasteiger partial charge in [-0.2, -0.15) is 94.3 Å². The summed E-state index contributed by atoms with van der Waals surface area (Å²) in [5, 5.41) is 12.5. The van der Waals surface area contributed by atoms with Crippen LogP contribution in [0.5, 0.6) is 0 Å². The molecule has 24 nitrogen and oxygen atoms in total. The minimum Gasteiger partial charge on any atom is -0.237 e. The number of rotatable bonds is 9. The van der Waals surface area contributed by atoms with Gasteiger partial charge in [-0.05, 0) is 87.5 Å². The van der Waals surface area contributed by atoms with Crippen molar-refractivity contribution in [2.75, 3.05) is 0 Å². The topological polar surface area (TPSA) is 333 Å². The number of nitrogens with one attached hydrogen (secondary N) is 3. The second kappa shape index (κ2) is 30.0. The quantitative estimate of drug-likeness (QED) is 0.114. The molecule has 6 heterocycles. The Morgan fingerprint density at radius 1 is 0.308 bits per heavy atom. The molecule has 0 fully saturated rings. The second-order valence-corrected chi connectivity index (χ2v) is 30.6. The molecule has 6 rings (SSSR count). The predicted octanol–water partition coefficient (Wildman–Crippen LogP) is 9.16. The molecule has 0 amide bonds. The Balaban J connectivity index is 0.00000107. The van der Waals surface area contributed by atoms with Gasteiger partial charge in [0.2, 0.25) is 0 Å². The summed E-state index contributed by atoms with van der Waals surface area (Å²) in [6.07, 6.45) is 16.5. The second-order valence-electron chi connectivity index (χ2n) is 19.8. The van der Waals surface area contributed by atoms with Gasteiger partial charge in [-0.1, -0.05) is 82.1 Å². The van der Waals surface area contributed by atoms with Gasteiger partial charge in [0.05, 0.1) is 0 Å². The Kier molecular flexibility index (Phi) is 27.8. The first-order valence-electron chi connectivity index (χ1n) is 23.0. The fraction of sp³-hybridized carbons (Fsp3) is 0.442. The van der Waals surface area contributed by atoms with Crippen molar-refractivity contribution in [1.82, 2.24) is 56.7 Å². The van der Waals surface area contributed by atoms with Crippen LogP contribution in [0.4, 0.5) is 79.0 Å². The van der Waals surface area contributed by atoms with Crippen LogP contribution < -0.4 is 12.4 Å². The summed E-state index contributed by atoms with van der Waals surface area (Å²) in [6.45, 7) is 19.7. The number of sulfonamides is 6. The standard InChI is InChI=1S/3C12H15N3.3C2HF6NO4S2.CH4/c3*1-12(2,3)10-5-7-13-11(9-10)15-8-4-6-14-15;3*3-1(4,5)14(10,11)9-15(12,13)2(6,7)8;/h3*4-9H,1-3H3;3*9H;1H4. The molecule has 48 heteroatoms. The van der Waals surface area contributed by atoms with E-state index in [1.807, 2.05) is 73.6 Å². The van der Waals surface area contributed by atoms with Crippen LogP contribution in [-0.4, -0.2) is 128 Å². The summed E-state index contributed by atoms with van der Waals surface area (Å²) in [5.41, 5.74) is -32.7. The average Bonchev–Trinajstić information content (AvgIpc) is 1.43. The summed E-state index contributed by atoms with van der Waals surface area (Å²) in [4.78, 5) is 12.9. The molecule has 3 N–H and O–H groups in total. The maximum Gasteiger partial charge on any atom is 0.512 e. The van der Waals surface area contributed by atoms with Crippen molar-refractivity contribution < 1.29 is 130 Å². The summed E-state index contributed by atoms with van der Waals surface area (Å²) in [6, 6.07) is 18.1. The summed E-state index contributed by atoms with van der Waals surface area (Å²) >= 11 is 0. The first-order valence-corrected chi connectivity index (χ1v) is 31.9. The number of hydrogen-bond acceptors (Lipinski definition) is 18. The van der Waals surface area contributed by atoms with Gasteiger partial charge < -0.3 is 0 Å². The van der Waals surface area contributed by atoms with Crippen LogP contribution in [0.2, 0.25) is 0 Å². The fourth-order valence-electron chi connectivity index (χ4n) is 4.96. The van der Waals surface area contributed by atoms with Gasteiger partial charge in [-0.25, -0.2) is 79.5 Å². The molecule has 0 radical (unpaired) electrons. The number of nitrogens with zero attached hydrogens (tertiary/aromatic N) is 9. The summed E-state index contributed by atoms with van der Waals surface area (Å²) in [7, 11) is -39.6. The summed E-state index contributed by atoms with van der Waals surface area (Å²) < 4.78 is 330. The smallest absolute Gasteiger partial charge is 0.237 e. The normalized spacial score (nSPS) is 13.4. The Morgan fingerprint density at radius 2 is 0.473 bits per heavy atom. The zero-order valence-electron chi connectivity index (χ0n) is 46.6. The Hall–Kier alpha value is -6.60. The Bertz CT molecular complexity index is 3460. The molecule has 0 aromatic carbocycles. The molecule has 0 spiro atoms. The lowest BCUT2D eigenvalue weighted by Crippen LogP contribution is -2.45. The fourth-order valence-corrected chi connectivity index (χ4v) is 10.7. The molecule has 0 unspecified atom stereocenters. The van der Waals surface area contributed by atoms with E-state index in [9.17, 15) is 130 Å². The predicted molar refractivity (Wildman–Crippen MR) is 286 cm³/mol. The van der Waals surface area contributed by atoms with Crippen molar-refractivity contribution in [1.29, 1.82) is 0 Å². The Labute approximate surface area is 507 Å². The van der Waals surface area contributed by atoms with Crippen molar-refractivity contribution >= 4 is 60.1 Å². The lowest BCUT2D eigenvalue weighted by atomic mass is 9.88. The van der Waals surface area contributed by atoms with Crippen LogP contribution in [0.25, 0.3) is 17.5 Å². The summed E-state index contributed by atoms with van der Waals surface area (Å²) in [5.74, 6) is 2.60. The number of halogens is 18. The molecule has 0 aliphatic rings. The lowest BCUT2D eigenvalue weighted by molar-refractivity contribution is -0.0487. The molecule has 0 bridgehead atoms. The first kappa shape index (κ1) is 84.4. The zero-order chi connectivity index (χ0) is 70.8. The number of aromatic nitrogens is 9. The van der Waals surface area contributed by atoms with Crippen molar-refractivity contribution in [3.05, 3.63) is 127 Å². The van der Waals surface area contributed by atoms with E-state index < -0.39 is 106 Å². The van der Waals surface area contributed by atoms with Gasteiger partial charge in [0.25, 0.3) is 0 Å². The van der Waals surface area contributed by atoms with Crippen LogP contribution in [0.15, 0.2) is 110 Å². The van der Waals surface area contributed by atoms with Crippen molar-refractivity contribution in [2.45, 2.75) is 119 Å². The van der Waals surface area contributed by atoms with Crippen LogP contribution in [0.1, 0.15) is 86.4 Å². The largest absolute Gasteiger partial charge is 0.512 e. The van der Waals surface area contributed by atoms with Crippen LogP contribution >= 0.6 is 0 Å². The molecule has 0 aliphatic carbocycles. The number of pyridine rings is 3. The van der Waals surface area contributed by atoms with Crippen LogP contribution in [0, 0.1) is 0 Å². The minimum atomic E-state index is -6.60. The lowest BCUT2D eigenvalue weighted by Gasteiger charge is -2.19. The van der Waals surface area contributed by atoms with E-state index in [4.69, 9.17) is 0 Å². The van der Waals surface area contributed by atoms with Crippen molar-refractivity contribution in [3.63, 3.8) is 0 Å². The maximum atomic E-state index is 11.5. The number of hydrogen-bond donors (Lipinski definition) is 3. The molecular weight excluding hydrogens is 1410 g/mol. The number of alkyl halides is 18. The van der Waals surface area contributed by atoms with Crippen molar-refractivity contribution in [2.24, 2.45) is 0 Å². The molecule has 91 heavy (non-hydrogen) atoms. The van der Waals surface area contributed by atoms with Gasteiger partial charge in [0, 0.05) is 55.8 Å². The van der Waals surface area contributed by atoms with Crippen LogP contribution in [0.3, 0.4) is 0 Å². The van der Waals surface area contributed by atoms with Crippen LogP contribution in [-0.2, 0) is 76.4 Å². The highest BCUT2D eigenvalue weighted by atomic mass is 32.3. The SMILES string of the molecule is C.CC(C)(C)c1ccnc(-n2cccn2)c1.CC(C)(C)c1ccnc(-n2cccn2)c1.CC(C)(C)c1ccnc(-n2cccn2)c1.O=S(=O)(NS(=O)(=O)C(F)(F)F)C(F)(F)F.O=S(=O)(NS(=O)(=O)C(F)(F)F)C(F)(F)F.O=S(=O)(NS(=O)(=O)C(F)(F)F)C(F)(F)F. The van der Waals surface area contributed by atoms with Gasteiger partial charge >= 0.3 is 93.2 Å². The minimum absolute atomic E-state index is 0. The highest BCUT2D eigenvalue weighted by molar-refractivity contribution is 8.06. The van der Waals surface area contributed by atoms with Gasteiger partial charge in [0.15, 0.2) is 17.5 Å². The van der Waals surface area contributed by atoms with E-state index >= 15 is 0 Å². The van der Waals surface area contributed by atoms with E-state index in [2.05, 4.69) is 111 Å². The third kappa shape index (κ3) is 25.8. The van der Waals surface area contributed by atoms with E-state index in [1.54, 1.807) is 32.6 Å². The van der Waals surface area contributed by atoms with E-state index in [0.29, 0.717) is 0 Å². The molecule has 6 aromatic rings. The van der Waals surface area contributed by atoms with Gasteiger partial charge in [-0.3, -0.25) is 0 Å². The third-order valence-electron chi connectivity index (χ3n) is 9.54. The van der Waals surface area contributed by atoms with Crippen molar-refractivity contribution in [3.8, 4) is 17.5 Å². The molecule has 0 saturated heterocycles. The third-order valence-corrected chi connectivity index (χ3v) is 18.5. The highest BCUT2D eigenvalue weighted by Crippen LogP contribution is 2.31. The molecule has 6 aromatic heterocycles. The molecule has 518 valence electrons. The maximum absolute atomic E-state index is 11.5. The molecular formula is C43H52F18N12O12S6. The Morgan fingerprint density at radius 3 is 0.593 bits per heavy atom. The van der Waals surface area contributed by atoms with Gasteiger partial charge in [0.1, 0.15) is 0 Å². The van der Waals surface area contributed by atoms with E-state index in [1.165, 1.54) is 16.7 Å². The highest BCUT2D eigenvalue weighted by Gasteiger charge is 2.57. The average molecular weight is 1460 g/mol. The molecule has 0 atom stereocenters. The zero-order valence-corrected chi connectivity index (χ0v) is 51.5. The monoisotopic (exact) mass is 1460 g/mol. The first-order chi connectivity index (χ1) is 39.8.